The third-order valence-corrected chi connectivity index (χ3v) is 4.43. The summed E-state index contributed by atoms with van der Waals surface area (Å²) < 4.78 is 14.5. The molecule has 0 aliphatic carbocycles. The minimum atomic E-state index is -0.180. The molecule has 0 radical (unpaired) electrons. The van der Waals surface area contributed by atoms with Gasteiger partial charge in [-0.2, -0.15) is 0 Å². The molecule has 0 heterocycles. The van der Waals surface area contributed by atoms with Gasteiger partial charge in [0.2, 0.25) is 0 Å². The molecule has 2 aromatic carbocycles. The van der Waals surface area contributed by atoms with Gasteiger partial charge in [0, 0.05) is 14.3 Å². The maximum Gasteiger partial charge on any atom is 0.126 e. The summed E-state index contributed by atoms with van der Waals surface area (Å²) in [4.78, 5) is 0.0162. The topological polar surface area (TPSA) is 0 Å². The summed E-state index contributed by atoms with van der Waals surface area (Å²) in [7, 11) is 0. The Bertz CT molecular complexity index is 557. The highest BCUT2D eigenvalue weighted by Crippen LogP contribution is 2.34. The van der Waals surface area contributed by atoms with E-state index in [4.69, 9.17) is 11.6 Å². The number of rotatable bonds is 3. The quantitative estimate of drug-likeness (QED) is 0.569. The van der Waals surface area contributed by atoms with Gasteiger partial charge in [-0.05, 0) is 41.8 Å². The zero-order valence-electron chi connectivity index (χ0n) is 9.34. The van der Waals surface area contributed by atoms with Gasteiger partial charge in [-0.15, -0.1) is 0 Å². The van der Waals surface area contributed by atoms with Crippen LogP contribution in [0.15, 0.2) is 46.9 Å². The van der Waals surface area contributed by atoms with Crippen LogP contribution < -0.4 is 0 Å². The fraction of sp³-hybridized carbons (Fsp3) is 0.143. The van der Waals surface area contributed by atoms with E-state index in [9.17, 15) is 4.39 Å². The molecule has 0 aromatic heterocycles. The molecule has 2 rings (SSSR count). The molecule has 2 aromatic rings. The Morgan fingerprint density at radius 1 is 1.17 bits per heavy atom. The molecule has 0 aliphatic heterocycles. The van der Waals surface area contributed by atoms with Crippen LogP contribution in [0.4, 0.5) is 4.39 Å². The van der Waals surface area contributed by atoms with Crippen molar-refractivity contribution in [1.82, 2.24) is 0 Å². The van der Waals surface area contributed by atoms with E-state index in [-0.39, 0.29) is 10.6 Å². The highest BCUT2D eigenvalue weighted by Gasteiger charge is 2.14. The number of benzene rings is 2. The van der Waals surface area contributed by atoms with Crippen LogP contribution in [0.25, 0.3) is 0 Å². The second kappa shape index (κ2) is 6.18. The zero-order valence-corrected chi connectivity index (χ0v) is 13.3. The molecule has 0 N–H and O–H groups in total. The van der Waals surface area contributed by atoms with Gasteiger partial charge < -0.3 is 0 Å². The molecule has 94 valence electrons. The largest absolute Gasteiger partial charge is 0.207 e. The molecule has 1 unspecified atom stereocenters. The summed E-state index contributed by atoms with van der Waals surface area (Å²) in [5.74, 6) is -0.180. The monoisotopic (exact) mass is 390 g/mol. The molecule has 1 atom stereocenters. The van der Waals surface area contributed by atoms with Crippen molar-refractivity contribution in [3.8, 4) is 0 Å². The van der Waals surface area contributed by atoms with Crippen molar-refractivity contribution in [1.29, 1.82) is 0 Å². The number of alkyl halides is 1. The van der Waals surface area contributed by atoms with Crippen molar-refractivity contribution < 1.29 is 4.39 Å². The lowest BCUT2D eigenvalue weighted by atomic mass is 10.0. The van der Waals surface area contributed by atoms with Crippen LogP contribution in [-0.2, 0) is 6.42 Å². The molecule has 0 nitrogen and oxygen atoms in total. The molecular formula is C14H10Br2ClF. The Morgan fingerprint density at radius 2 is 1.89 bits per heavy atom. The first kappa shape index (κ1) is 14.0. The molecule has 0 bridgehead atoms. The molecule has 0 spiro atoms. The molecule has 4 heteroatoms. The third-order valence-electron chi connectivity index (χ3n) is 2.65. The van der Waals surface area contributed by atoms with Gasteiger partial charge >= 0.3 is 0 Å². The van der Waals surface area contributed by atoms with Crippen LogP contribution in [0.2, 0.25) is 5.02 Å². The van der Waals surface area contributed by atoms with Gasteiger partial charge in [0.05, 0.1) is 0 Å². The van der Waals surface area contributed by atoms with Crippen molar-refractivity contribution in [2.45, 2.75) is 11.2 Å². The van der Waals surface area contributed by atoms with E-state index in [1.54, 1.807) is 12.1 Å². The Kier molecular flexibility index (Phi) is 4.82. The summed E-state index contributed by atoms with van der Waals surface area (Å²) in [6, 6.07) is 12.4. The summed E-state index contributed by atoms with van der Waals surface area (Å²) in [5, 5.41) is 0.672. The zero-order chi connectivity index (χ0) is 13.1. The fourth-order valence-electron chi connectivity index (χ4n) is 1.72. The van der Waals surface area contributed by atoms with Crippen molar-refractivity contribution >= 4 is 43.5 Å². The molecule has 0 saturated carbocycles. The summed E-state index contributed by atoms with van der Waals surface area (Å²) in [5.41, 5.74) is 1.71. The normalized spacial score (nSPS) is 12.4. The van der Waals surface area contributed by atoms with E-state index in [0.717, 1.165) is 10.0 Å². The summed E-state index contributed by atoms with van der Waals surface area (Å²) in [6.45, 7) is 0. The number of hydrogen-bond donors (Lipinski definition) is 0. The maximum absolute atomic E-state index is 13.6. The van der Waals surface area contributed by atoms with Gasteiger partial charge in [-0.25, -0.2) is 4.39 Å². The fourth-order valence-corrected chi connectivity index (χ4v) is 3.46. The minimum absolute atomic E-state index is 0.0162. The SMILES string of the molecule is Fc1ccccc1CC(Br)c1cc(Cl)ccc1Br. The lowest BCUT2D eigenvalue weighted by Gasteiger charge is -2.13. The second-order valence-electron chi connectivity index (χ2n) is 3.93. The lowest BCUT2D eigenvalue weighted by Crippen LogP contribution is -1.99. The molecule has 0 amide bonds. The van der Waals surface area contributed by atoms with E-state index in [1.807, 2.05) is 24.3 Å². The number of hydrogen-bond acceptors (Lipinski definition) is 0. The van der Waals surface area contributed by atoms with Crippen LogP contribution in [0.3, 0.4) is 0 Å². The van der Waals surface area contributed by atoms with Gasteiger partial charge in [-0.3, -0.25) is 0 Å². The van der Waals surface area contributed by atoms with Crippen molar-refractivity contribution in [3.63, 3.8) is 0 Å². The summed E-state index contributed by atoms with van der Waals surface area (Å²) in [6.07, 6.45) is 0.575. The predicted molar refractivity (Wildman–Crippen MR) is 80.9 cm³/mol. The van der Waals surface area contributed by atoms with Crippen LogP contribution >= 0.6 is 43.5 Å². The molecule has 18 heavy (non-hydrogen) atoms. The van der Waals surface area contributed by atoms with E-state index in [1.165, 1.54) is 6.07 Å². The first-order valence-corrected chi connectivity index (χ1v) is 7.49. The van der Waals surface area contributed by atoms with Crippen LogP contribution in [0.1, 0.15) is 16.0 Å². The number of halogens is 4. The average Bonchev–Trinajstić information content (AvgIpc) is 2.35. The first-order chi connectivity index (χ1) is 8.58. The Hall–Kier alpha value is -0.380. The van der Waals surface area contributed by atoms with Gasteiger partial charge in [0.25, 0.3) is 0 Å². The highest BCUT2D eigenvalue weighted by atomic mass is 79.9. The van der Waals surface area contributed by atoms with Crippen molar-refractivity contribution in [3.05, 3.63) is 68.9 Å². The van der Waals surface area contributed by atoms with Gasteiger partial charge in [-0.1, -0.05) is 61.7 Å². The maximum atomic E-state index is 13.6. The average molecular weight is 392 g/mol. The third kappa shape index (κ3) is 3.34. The Balaban J connectivity index is 2.25. The Morgan fingerprint density at radius 3 is 2.61 bits per heavy atom. The van der Waals surface area contributed by atoms with E-state index < -0.39 is 0 Å². The minimum Gasteiger partial charge on any atom is -0.207 e. The van der Waals surface area contributed by atoms with E-state index in [2.05, 4.69) is 31.9 Å². The standard InChI is InChI=1S/C14H10Br2ClF/c15-12-6-5-10(17)8-11(12)13(16)7-9-3-1-2-4-14(9)18/h1-6,8,13H,7H2. The van der Waals surface area contributed by atoms with Crippen LogP contribution in [0, 0.1) is 5.82 Å². The smallest absolute Gasteiger partial charge is 0.126 e. The first-order valence-electron chi connectivity index (χ1n) is 5.40. The van der Waals surface area contributed by atoms with Gasteiger partial charge in [0.15, 0.2) is 0 Å². The Labute approximate surface area is 127 Å². The van der Waals surface area contributed by atoms with Crippen LogP contribution in [0.5, 0.6) is 0 Å². The highest BCUT2D eigenvalue weighted by molar-refractivity contribution is 9.11. The lowest BCUT2D eigenvalue weighted by molar-refractivity contribution is 0.608. The predicted octanol–water partition coefficient (Wildman–Crippen LogP) is 5.92. The van der Waals surface area contributed by atoms with Gasteiger partial charge in [0.1, 0.15) is 5.82 Å². The van der Waals surface area contributed by atoms with Crippen LogP contribution in [-0.4, -0.2) is 0 Å². The van der Waals surface area contributed by atoms with E-state index in [0.29, 0.717) is 17.0 Å². The van der Waals surface area contributed by atoms with E-state index >= 15 is 0 Å². The van der Waals surface area contributed by atoms with Crippen molar-refractivity contribution in [2.24, 2.45) is 0 Å². The molecular weight excluding hydrogens is 382 g/mol. The molecule has 0 fully saturated rings. The molecule has 0 saturated heterocycles. The van der Waals surface area contributed by atoms with Crippen molar-refractivity contribution in [2.75, 3.05) is 0 Å². The second-order valence-corrected chi connectivity index (χ2v) is 6.32. The molecule has 0 aliphatic rings. The summed E-state index contributed by atoms with van der Waals surface area (Å²) >= 11 is 13.0.